The van der Waals surface area contributed by atoms with E-state index >= 15 is 0 Å². The van der Waals surface area contributed by atoms with Crippen molar-refractivity contribution in [1.82, 2.24) is 9.21 Å². The van der Waals surface area contributed by atoms with Gasteiger partial charge in [0, 0.05) is 31.7 Å². The fraction of sp³-hybridized carbons (Fsp3) is 0.476. The molecule has 1 amide bonds. The third kappa shape index (κ3) is 5.21. The van der Waals surface area contributed by atoms with E-state index < -0.39 is 10.0 Å². The summed E-state index contributed by atoms with van der Waals surface area (Å²) in [5.41, 5.74) is 2.09. The number of carbonyl (C=O) groups excluding carboxylic acids is 1. The molecule has 0 fully saturated rings. The molecular formula is C21H28N2O5S2. The molecule has 7 nitrogen and oxygen atoms in total. The molecule has 1 aromatic heterocycles. The molecule has 2 heterocycles. The van der Waals surface area contributed by atoms with Gasteiger partial charge in [-0.15, -0.1) is 11.3 Å². The predicted octanol–water partition coefficient (Wildman–Crippen LogP) is 2.53. The number of methoxy groups -OCH3 is 2. The first kappa shape index (κ1) is 22.7. The van der Waals surface area contributed by atoms with Crippen LogP contribution in [0, 0.1) is 0 Å². The highest BCUT2D eigenvalue weighted by Gasteiger charge is 2.34. The molecule has 1 atom stereocenters. The van der Waals surface area contributed by atoms with Gasteiger partial charge in [0.2, 0.25) is 15.9 Å². The zero-order chi connectivity index (χ0) is 21.7. The second-order valence-electron chi connectivity index (χ2n) is 7.25. The van der Waals surface area contributed by atoms with Crippen LogP contribution in [0.4, 0.5) is 0 Å². The normalized spacial score (nSPS) is 16.5. The number of carbonyl (C=O) groups is 1. The van der Waals surface area contributed by atoms with Crippen molar-refractivity contribution in [2.24, 2.45) is 0 Å². The van der Waals surface area contributed by atoms with Crippen molar-refractivity contribution in [2.45, 2.75) is 18.9 Å². The molecule has 9 heteroatoms. The molecule has 0 bridgehead atoms. The number of benzene rings is 1. The monoisotopic (exact) mass is 452 g/mol. The average molecular weight is 453 g/mol. The number of thiophene rings is 1. The molecule has 2 aromatic rings. The molecule has 0 N–H and O–H groups in total. The summed E-state index contributed by atoms with van der Waals surface area (Å²) >= 11 is 1.69. The minimum Gasteiger partial charge on any atom is -0.497 e. The van der Waals surface area contributed by atoms with Gasteiger partial charge in [0.25, 0.3) is 0 Å². The molecule has 0 radical (unpaired) electrons. The summed E-state index contributed by atoms with van der Waals surface area (Å²) in [4.78, 5) is 16.4. The smallest absolute Gasteiger partial charge is 0.238 e. The molecule has 1 aliphatic rings. The minimum absolute atomic E-state index is 0.172. The van der Waals surface area contributed by atoms with Crippen LogP contribution in [0.25, 0.3) is 0 Å². The van der Waals surface area contributed by atoms with E-state index in [9.17, 15) is 13.2 Å². The Hall–Kier alpha value is -1.94. The number of sulfonamides is 1. The molecule has 0 saturated carbocycles. The number of ether oxygens (including phenoxy) is 2. The van der Waals surface area contributed by atoms with E-state index in [0.717, 1.165) is 29.6 Å². The van der Waals surface area contributed by atoms with Gasteiger partial charge in [0.1, 0.15) is 5.75 Å². The van der Waals surface area contributed by atoms with E-state index in [2.05, 4.69) is 6.07 Å². The van der Waals surface area contributed by atoms with Crippen molar-refractivity contribution in [3.8, 4) is 5.75 Å². The Bertz CT molecular complexity index is 956. The lowest BCUT2D eigenvalue weighted by atomic mass is 9.93. The first-order chi connectivity index (χ1) is 14.3. The van der Waals surface area contributed by atoms with Gasteiger partial charge in [-0.3, -0.25) is 4.79 Å². The van der Waals surface area contributed by atoms with E-state index in [1.54, 1.807) is 30.5 Å². The van der Waals surface area contributed by atoms with E-state index in [1.807, 2.05) is 29.6 Å². The Morgan fingerprint density at radius 3 is 2.60 bits per heavy atom. The first-order valence-corrected chi connectivity index (χ1v) is 12.5. The summed E-state index contributed by atoms with van der Waals surface area (Å²) in [6, 6.07) is 9.51. The first-order valence-electron chi connectivity index (χ1n) is 9.79. The highest BCUT2D eigenvalue weighted by atomic mass is 32.2. The number of amides is 1. The van der Waals surface area contributed by atoms with Crippen LogP contribution in [0.15, 0.2) is 35.7 Å². The average Bonchev–Trinajstić information content (AvgIpc) is 3.20. The maximum absolute atomic E-state index is 13.3. The lowest BCUT2D eigenvalue weighted by Gasteiger charge is -2.37. The minimum atomic E-state index is -3.50. The molecule has 1 aliphatic heterocycles. The topological polar surface area (TPSA) is 76.2 Å². The summed E-state index contributed by atoms with van der Waals surface area (Å²) < 4.78 is 36.0. The fourth-order valence-electron chi connectivity index (χ4n) is 3.72. The molecule has 164 valence electrons. The van der Waals surface area contributed by atoms with Crippen LogP contribution in [0.3, 0.4) is 0 Å². The van der Waals surface area contributed by atoms with Crippen molar-refractivity contribution in [3.63, 3.8) is 0 Å². The number of nitrogens with zero attached hydrogens (tertiary/aromatic N) is 2. The summed E-state index contributed by atoms with van der Waals surface area (Å²) in [6.45, 7) is 1.08. The lowest BCUT2D eigenvalue weighted by Crippen LogP contribution is -2.46. The maximum Gasteiger partial charge on any atom is 0.238 e. The van der Waals surface area contributed by atoms with Gasteiger partial charge in [0.15, 0.2) is 0 Å². The van der Waals surface area contributed by atoms with Crippen LogP contribution in [0.1, 0.15) is 28.5 Å². The summed E-state index contributed by atoms with van der Waals surface area (Å²) in [5, 5.41) is 2.04. The van der Waals surface area contributed by atoms with Gasteiger partial charge in [-0.1, -0.05) is 12.1 Å². The summed E-state index contributed by atoms with van der Waals surface area (Å²) in [5.74, 6) is 0.551. The SMILES string of the molecule is COCCCN(CC(=O)N1CCc2sccc2C1c1ccc(OC)cc1)S(C)(=O)=O. The molecule has 0 aliphatic carbocycles. The summed E-state index contributed by atoms with van der Waals surface area (Å²) in [7, 11) is -0.316. The van der Waals surface area contributed by atoms with Crippen LogP contribution in [-0.4, -0.2) is 70.2 Å². The van der Waals surface area contributed by atoms with Gasteiger partial charge >= 0.3 is 0 Å². The Morgan fingerprint density at radius 1 is 1.23 bits per heavy atom. The molecule has 3 rings (SSSR count). The quantitative estimate of drug-likeness (QED) is 0.547. The van der Waals surface area contributed by atoms with Gasteiger partial charge < -0.3 is 14.4 Å². The highest BCUT2D eigenvalue weighted by Crippen LogP contribution is 2.38. The molecule has 0 spiro atoms. The third-order valence-electron chi connectivity index (χ3n) is 5.25. The van der Waals surface area contributed by atoms with Gasteiger partial charge in [-0.05, 0) is 47.5 Å². The molecule has 0 saturated heterocycles. The van der Waals surface area contributed by atoms with E-state index in [1.165, 1.54) is 9.18 Å². The van der Waals surface area contributed by atoms with Crippen molar-refractivity contribution >= 4 is 27.3 Å². The van der Waals surface area contributed by atoms with Gasteiger partial charge in [0.05, 0.1) is 26.0 Å². The Balaban J connectivity index is 1.87. The predicted molar refractivity (Wildman–Crippen MR) is 117 cm³/mol. The number of hydrogen-bond donors (Lipinski definition) is 0. The number of hydrogen-bond acceptors (Lipinski definition) is 6. The van der Waals surface area contributed by atoms with E-state index in [0.29, 0.717) is 19.6 Å². The van der Waals surface area contributed by atoms with Crippen molar-refractivity contribution in [2.75, 3.05) is 46.7 Å². The van der Waals surface area contributed by atoms with Crippen molar-refractivity contribution < 1.29 is 22.7 Å². The third-order valence-corrected chi connectivity index (χ3v) is 7.50. The van der Waals surface area contributed by atoms with Crippen LogP contribution in [0.2, 0.25) is 0 Å². The zero-order valence-electron chi connectivity index (χ0n) is 17.5. The van der Waals surface area contributed by atoms with Gasteiger partial charge in [-0.25, -0.2) is 8.42 Å². The molecule has 1 aromatic carbocycles. The fourth-order valence-corrected chi connectivity index (χ4v) is 5.43. The zero-order valence-corrected chi connectivity index (χ0v) is 19.2. The maximum atomic E-state index is 13.3. The Labute approximate surface area is 182 Å². The van der Waals surface area contributed by atoms with Crippen molar-refractivity contribution in [1.29, 1.82) is 0 Å². The van der Waals surface area contributed by atoms with Crippen molar-refractivity contribution in [3.05, 3.63) is 51.7 Å². The summed E-state index contributed by atoms with van der Waals surface area (Å²) in [6.07, 6.45) is 2.45. The number of rotatable bonds is 9. The van der Waals surface area contributed by atoms with Crippen LogP contribution < -0.4 is 4.74 Å². The van der Waals surface area contributed by atoms with Crippen LogP contribution >= 0.6 is 11.3 Å². The lowest BCUT2D eigenvalue weighted by molar-refractivity contribution is -0.133. The van der Waals surface area contributed by atoms with Gasteiger partial charge in [-0.2, -0.15) is 4.31 Å². The highest BCUT2D eigenvalue weighted by molar-refractivity contribution is 7.88. The molecular weight excluding hydrogens is 424 g/mol. The Kier molecular flexibility index (Phi) is 7.51. The standard InChI is InChI=1S/C21H28N2O5S2/c1-27-13-4-11-22(30(3,25)26)15-20(24)23-12-9-19-18(10-14-29-19)21(23)16-5-7-17(28-2)8-6-16/h5-8,10,14,21H,4,9,11-13,15H2,1-3H3. The Morgan fingerprint density at radius 2 is 1.97 bits per heavy atom. The molecule has 1 unspecified atom stereocenters. The number of fused-ring (bicyclic) bond motifs is 1. The second kappa shape index (κ2) is 9.91. The second-order valence-corrected chi connectivity index (χ2v) is 10.2. The van der Waals surface area contributed by atoms with E-state index in [-0.39, 0.29) is 25.0 Å². The largest absolute Gasteiger partial charge is 0.497 e. The molecule has 30 heavy (non-hydrogen) atoms. The van der Waals surface area contributed by atoms with Crippen LogP contribution in [0.5, 0.6) is 5.75 Å². The van der Waals surface area contributed by atoms with E-state index in [4.69, 9.17) is 9.47 Å². The van der Waals surface area contributed by atoms with Crippen LogP contribution in [-0.2, 0) is 26.0 Å².